The number of nitrogens with two attached hydrogens (primary N) is 1. The van der Waals surface area contributed by atoms with E-state index in [0.717, 1.165) is 5.57 Å². The highest BCUT2D eigenvalue weighted by molar-refractivity contribution is 5.21. The molecule has 0 aromatic carbocycles. The highest BCUT2D eigenvalue weighted by Gasteiger charge is 2.03. The van der Waals surface area contributed by atoms with Gasteiger partial charge in [-0.2, -0.15) is 0 Å². The zero-order chi connectivity index (χ0) is 10.4. The van der Waals surface area contributed by atoms with Crippen LogP contribution < -0.4 is 5.73 Å². The molecule has 0 radical (unpaired) electrons. The zero-order valence-electron chi connectivity index (χ0n) is 8.07. The van der Waals surface area contributed by atoms with Gasteiger partial charge in [-0.15, -0.1) is 0 Å². The quantitative estimate of drug-likeness (QED) is 0.412. The lowest BCUT2D eigenvalue weighted by Gasteiger charge is -1.91. The smallest absolute Gasteiger partial charge is 0.269 e. The summed E-state index contributed by atoms with van der Waals surface area (Å²) in [6.07, 6.45) is 4.40. The Labute approximate surface area is 77.6 Å². The topological polar surface area (TPSA) is 69.2 Å². The molecule has 0 spiro atoms. The van der Waals surface area contributed by atoms with E-state index in [1.165, 1.54) is 18.2 Å². The van der Waals surface area contributed by atoms with Crippen LogP contribution in [-0.2, 0) is 0 Å². The van der Waals surface area contributed by atoms with Gasteiger partial charge in [-0.3, -0.25) is 10.1 Å². The Bertz CT molecular complexity index is 280. The van der Waals surface area contributed by atoms with Gasteiger partial charge in [0.05, 0.1) is 4.92 Å². The molecule has 0 aliphatic rings. The average molecular weight is 182 g/mol. The second-order valence-corrected chi connectivity index (χ2v) is 2.98. The summed E-state index contributed by atoms with van der Waals surface area (Å²) in [7, 11) is 0. The van der Waals surface area contributed by atoms with E-state index in [1.807, 2.05) is 0 Å². The first-order chi connectivity index (χ1) is 5.93. The molecule has 0 aromatic rings. The van der Waals surface area contributed by atoms with E-state index >= 15 is 0 Å². The Kier molecular flexibility index (Phi) is 4.51. The van der Waals surface area contributed by atoms with Crippen molar-refractivity contribution in [1.82, 2.24) is 0 Å². The van der Waals surface area contributed by atoms with E-state index in [2.05, 4.69) is 0 Å². The molecule has 0 bridgehead atoms. The Morgan fingerprint density at radius 1 is 1.31 bits per heavy atom. The maximum absolute atomic E-state index is 10.5. The highest BCUT2D eigenvalue weighted by Crippen LogP contribution is 2.03. The Hall–Kier alpha value is -1.58. The predicted octanol–water partition coefficient (Wildman–Crippen LogP) is 1.98. The summed E-state index contributed by atoms with van der Waals surface area (Å²) in [6.45, 7) is 5.28. The minimum absolute atomic E-state index is 0.0461. The lowest BCUT2D eigenvalue weighted by atomic mass is 10.2. The van der Waals surface area contributed by atoms with Gasteiger partial charge < -0.3 is 5.73 Å². The zero-order valence-corrected chi connectivity index (χ0v) is 8.07. The minimum atomic E-state index is -0.438. The average Bonchev–Trinajstić information content (AvgIpc) is 1.96. The molecule has 2 N–H and O–H groups in total. The fraction of sp³-hybridized carbons (Fsp3) is 0.333. The molecule has 0 fully saturated rings. The van der Waals surface area contributed by atoms with Crippen molar-refractivity contribution in [3.05, 3.63) is 45.3 Å². The summed E-state index contributed by atoms with van der Waals surface area (Å²) in [4.78, 5) is 10.0. The van der Waals surface area contributed by atoms with E-state index in [1.54, 1.807) is 20.8 Å². The molecule has 0 amide bonds. The molecular weight excluding hydrogens is 168 g/mol. The van der Waals surface area contributed by atoms with E-state index in [0.29, 0.717) is 5.70 Å². The molecule has 0 atom stereocenters. The molecule has 0 unspecified atom stereocenters. The van der Waals surface area contributed by atoms with E-state index in [-0.39, 0.29) is 5.70 Å². The van der Waals surface area contributed by atoms with Crippen molar-refractivity contribution >= 4 is 0 Å². The van der Waals surface area contributed by atoms with Crippen LogP contribution in [0.3, 0.4) is 0 Å². The van der Waals surface area contributed by atoms with Crippen molar-refractivity contribution in [2.24, 2.45) is 5.73 Å². The molecular formula is C9H14N2O2. The lowest BCUT2D eigenvalue weighted by Crippen LogP contribution is -1.96. The van der Waals surface area contributed by atoms with E-state index in [9.17, 15) is 10.1 Å². The summed E-state index contributed by atoms with van der Waals surface area (Å²) in [5.74, 6) is 0. The fourth-order valence-corrected chi connectivity index (χ4v) is 0.674. The van der Waals surface area contributed by atoms with Gasteiger partial charge in [0.15, 0.2) is 0 Å². The first-order valence-corrected chi connectivity index (χ1v) is 3.87. The van der Waals surface area contributed by atoms with Crippen molar-refractivity contribution < 1.29 is 4.92 Å². The molecule has 13 heavy (non-hydrogen) atoms. The van der Waals surface area contributed by atoms with Gasteiger partial charge in [-0.25, -0.2) is 0 Å². The number of hydrogen-bond acceptors (Lipinski definition) is 3. The van der Waals surface area contributed by atoms with E-state index in [4.69, 9.17) is 5.73 Å². The highest BCUT2D eigenvalue weighted by atomic mass is 16.6. The summed E-state index contributed by atoms with van der Waals surface area (Å²) >= 11 is 0. The van der Waals surface area contributed by atoms with E-state index < -0.39 is 4.92 Å². The number of allylic oxidation sites excluding steroid dienone is 5. The molecule has 4 heteroatoms. The van der Waals surface area contributed by atoms with Crippen molar-refractivity contribution in [3.63, 3.8) is 0 Å². The van der Waals surface area contributed by atoms with Gasteiger partial charge >= 0.3 is 0 Å². The predicted molar refractivity (Wildman–Crippen MR) is 52.5 cm³/mol. The Balaban J connectivity index is 4.83. The maximum Gasteiger partial charge on any atom is 0.269 e. The van der Waals surface area contributed by atoms with Crippen LogP contribution in [-0.4, -0.2) is 4.92 Å². The summed E-state index contributed by atoms with van der Waals surface area (Å²) < 4.78 is 0. The van der Waals surface area contributed by atoms with Crippen molar-refractivity contribution in [1.29, 1.82) is 0 Å². The minimum Gasteiger partial charge on any atom is -0.402 e. The SMILES string of the molecule is CC(C)=C/C(=C\C=C(/C)N)[N+](=O)[O-]. The van der Waals surface area contributed by atoms with Gasteiger partial charge in [0.25, 0.3) is 5.70 Å². The largest absolute Gasteiger partial charge is 0.402 e. The third-order valence-electron chi connectivity index (χ3n) is 1.16. The van der Waals surface area contributed by atoms with Crippen LogP contribution in [0.4, 0.5) is 0 Å². The van der Waals surface area contributed by atoms with Gasteiger partial charge in [-0.05, 0) is 26.8 Å². The third kappa shape index (κ3) is 5.66. The molecule has 0 saturated heterocycles. The Morgan fingerprint density at radius 2 is 1.85 bits per heavy atom. The molecule has 0 heterocycles. The van der Waals surface area contributed by atoms with Crippen molar-refractivity contribution in [2.45, 2.75) is 20.8 Å². The summed E-state index contributed by atoms with van der Waals surface area (Å²) in [6, 6.07) is 0. The molecule has 0 aliphatic heterocycles. The number of hydrogen-bond donors (Lipinski definition) is 1. The number of rotatable bonds is 3. The molecule has 0 rings (SSSR count). The standard InChI is InChI=1S/C9H14N2O2/c1-7(2)6-9(11(12)13)5-4-8(3)10/h4-6H,10H2,1-3H3/b8-4+,9-5+. The van der Waals surface area contributed by atoms with Crippen molar-refractivity contribution in [2.75, 3.05) is 0 Å². The Morgan fingerprint density at radius 3 is 2.15 bits per heavy atom. The molecule has 0 saturated carbocycles. The molecule has 4 nitrogen and oxygen atoms in total. The normalized spacial score (nSPS) is 12.5. The van der Waals surface area contributed by atoms with Gasteiger partial charge in [0.2, 0.25) is 0 Å². The molecule has 0 aromatic heterocycles. The first-order valence-electron chi connectivity index (χ1n) is 3.87. The second-order valence-electron chi connectivity index (χ2n) is 2.98. The lowest BCUT2D eigenvalue weighted by molar-refractivity contribution is -0.419. The van der Waals surface area contributed by atoms with Crippen LogP contribution in [0, 0.1) is 10.1 Å². The monoisotopic (exact) mass is 182 g/mol. The third-order valence-corrected chi connectivity index (χ3v) is 1.16. The van der Waals surface area contributed by atoms with Crippen LogP contribution in [0.2, 0.25) is 0 Å². The van der Waals surface area contributed by atoms with Crippen LogP contribution in [0.25, 0.3) is 0 Å². The molecule has 0 aliphatic carbocycles. The van der Waals surface area contributed by atoms with Crippen LogP contribution >= 0.6 is 0 Å². The number of nitro groups is 1. The van der Waals surface area contributed by atoms with Crippen LogP contribution in [0.5, 0.6) is 0 Å². The second kappa shape index (κ2) is 5.13. The fourth-order valence-electron chi connectivity index (χ4n) is 0.674. The number of nitrogens with zero attached hydrogens (tertiary/aromatic N) is 1. The summed E-state index contributed by atoms with van der Waals surface area (Å²) in [5, 5.41) is 10.5. The maximum atomic E-state index is 10.5. The summed E-state index contributed by atoms with van der Waals surface area (Å²) in [5.41, 5.74) is 6.81. The van der Waals surface area contributed by atoms with Gasteiger partial charge in [0, 0.05) is 17.8 Å². The van der Waals surface area contributed by atoms with Crippen LogP contribution in [0.15, 0.2) is 35.2 Å². The van der Waals surface area contributed by atoms with Crippen molar-refractivity contribution in [3.8, 4) is 0 Å². The van der Waals surface area contributed by atoms with Gasteiger partial charge in [0.1, 0.15) is 0 Å². The molecule has 72 valence electrons. The first kappa shape index (κ1) is 11.4. The van der Waals surface area contributed by atoms with Crippen LogP contribution in [0.1, 0.15) is 20.8 Å². The van der Waals surface area contributed by atoms with Gasteiger partial charge in [-0.1, -0.05) is 5.57 Å².